The first-order valence-electron chi connectivity index (χ1n) is 8.54. The van der Waals surface area contributed by atoms with Crippen LogP contribution < -0.4 is 0 Å². The maximum atomic E-state index is 8.86. The van der Waals surface area contributed by atoms with Crippen LogP contribution in [0.2, 0.25) is 0 Å². The number of ether oxygens (including phenoxy) is 3. The van der Waals surface area contributed by atoms with Crippen molar-refractivity contribution in [2.24, 2.45) is 0 Å². The third-order valence-corrected chi connectivity index (χ3v) is 3.36. The first-order chi connectivity index (χ1) is 10.0. The molecule has 0 aliphatic rings. The zero-order valence-corrected chi connectivity index (χ0v) is 14.6. The first-order valence-corrected chi connectivity index (χ1v) is 8.54. The Labute approximate surface area is 131 Å². The van der Waals surface area contributed by atoms with Crippen LogP contribution in [-0.4, -0.2) is 49.3 Å². The lowest BCUT2D eigenvalue weighted by Gasteiger charge is -2.29. The zero-order valence-electron chi connectivity index (χ0n) is 14.6. The molecule has 4 nitrogen and oxygen atoms in total. The van der Waals surface area contributed by atoms with Gasteiger partial charge in [-0.25, -0.2) is 0 Å². The highest BCUT2D eigenvalue weighted by atomic mass is 16.6. The fraction of sp³-hybridized carbons (Fsp3) is 1.00. The molecule has 0 fully saturated rings. The molecular weight excluding hydrogens is 268 g/mol. The van der Waals surface area contributed by atoms with Gasteiger partial charge in [-0.2, -0.15) is 0 Å². The fourth-order valence-corrected chi connectivity index (χ4v) is 2.24. The summed E-state index contributed by atoms with van der Waals surface area (Å²) in [5.74, 6) is 0. The molecule has 0 spiro atoms. The lowest BCUT2D eigenvalue weighted by Crippen LogP contribution is -2.35. The van der Waals surface area contributed by atoms with Crippen LogP contribution in [0, 0.1) is 0 Å². The molecule has 0 amide bonds. The lowest BCUT2D eigenvalue weighted by atomic mass is 10.1. The quantitative estimate of drug-likeness (QED) is 0.499. The van der Waals surface area contributed by atoms with Gasteiger partial charge in [0.25, 0.3) is 0 Å². The second-order valence-corrected chi connectivity index (χ2v) is 5.91. The van der Waals surface area contributed by atoms with Crippen LogP contribution in [-0.2, 0) is 14.2 Å². The van der Waals surface area contributed by atoms with Gasteiger partial charge in [0.1, 0.15) is 0 Å². The van der Waals surface area contributed by atoms with E-state index in [1.165, 1.54) is 0 Å². The molecule has 0 heterocycles. The molecule has 0 rings (SSSR count). The van der Waals surface area contributed by atoms with Crippen LogP contribution in [0.15, 0.2) is 0 Å². The molecule has 0 saturated heterocycles. The summed E-state index contributed by atoms with van der Waals surface area (Å²) < 4.78 is 17.7. The van der Waals surface area contributed by atoms with E-state index in [9.17, 15) is 0 Å². The van der Waals surface area contributed by atoms with E-state index < -0.39 is 0 Å². The van der Waals surface area contributed by atoms with E-state index in [-0.39, 0.29) is 31.0 Å². The third-order valence-electron chi connectivity index (χ3n) is 3.36. The molecule has 128 valence electrons. The topological polar surface area (TPSA) is 47.9 Å². The van der Waals surface area contributed by atoms with E-state index in [0.29, 0.717) is 19.6 Å². The van der Waals surface area contributed by atoms with Crippen LogP contribution in [0.4, 0.5) is 0 Å². The van der Waals surface area contributed by atoms with Gasteiger partial charge in [-0.15, -0.1) is 0 Å². The fourth-order valence-electron chi connectivity index (χ4n) is 2.24. The third kappa shape index (κ3) is 11.1. The van der Waals surface area contributed by atoms with E-state index in [0.717, 1.165) is 25.7 Å². The predicted molar refractivity (Wildman–Crippen MR) is 86.7 cm³/mol. The summed E-state index contributed by atoms with van der Waals surface area (Å²) >= 11 is 0. The van der Waals surface area contributed by atoms with E-state index in [2.05, 4.69) is 20.8 Å². The molecule has 1 N–H and O–H groups in total. The maximum absolute atomic E-state index is 8.86. The van der Waals surface area contributed by atoms with Crippen molar-refractivity contribution < 1.29 is 19.3 Å². The van der Waals surface area contributed by atoms with Crippen LogP contribution in [0.5, 0.6) is 0 Å². The lowest BCUT2D eigenvalue weighted by molar-refractivity contribution is -0.122. The molecule has 21 heavy (non-hydrogen) atoms. The molecule has 4 heteroatoms. The Kier molecular flexibility index (Phi) is 13.4. The van der Waals surface area contributed by atoms with Crippen molar-refractivity contribution in [2.45, 2.75) is 91.1 Å². The summed E-state index contributed by atoms with van der Waals surface area (Å²) in [6.45, 7) is 11.9. The number of hydrogen-bond acceptors (Lipinski definition) is 4. The highest BCUT2D eigenvalue weighted by molar-refractivity contribution is 4.69. The Morgan fingerprint density at radius 2 is 1.62 bits per heavy atom. The van der Waals surface area contributed by atoms with Gasteiger partial charge in [0.2, 0.25) is 0 Å². The maximum Gasteiger partial charge on any atom is 0.0834 e. The molecule has 3 unspecified atom stereocenters. The molecular formula is C17H36O4. The average molecular weight is 304 g/mol. The van der Waals surface area contributed by atoms with Gasteiger partial charge >= 0.3 is 0 Å². The molecule has 3 atom stereocenters. The molecule has 0 aromatic carbocycles. The van der Waals surface area contributed by atoms with Crippen molar-refractivity contribution in [3.63, 3.8) is 0 Å². The summed E-state index contributed by atoms with van der Waals surface area (Å²) in [7, 11) is 0. The average Bonchev–Trinajstić information content (AvgIpc) is 2.44. The van der Waals surface area contributed by atoms with Crippen LogP contribution in [0.3, 0.4) is 0 Å². The Morgan fingerprint density at radius 3 is 2.14 bits per heavy atom. The van der Waals surface area contributed by atoms with E-state index in [1.807, 2.05) is 13.8 Å². The summed E-state index contributed by atoms with van der Waals surface area (Å²) in [4.78, 5) is 0. The van der Waals surface area contributed by atoms with Gasteiger partial charge in [-0.1, -0.05) is 26.7 Å². The Hall–Kier alpha value is -0.160. The second-order valence-electron chi connectivity index (χ2n) is 5.91. The minimum Gasteiger partial charge on any atom is -0.396 e. The van der Waals surface area contributed by atoms with Crippen molar-refractivity contribution >= 4 is 0 Å². The smallest absolute Gasteiger partial charge is 0.0834 e. The van der Waals surface area contributed by atoms with Crippen LogP contribution in [0.25, 0.3) is 0 Å². The SMILES string of the molecule is CCCC(COC(C)C)OC(C)C(CCC)OCCCO. The summed E-state index contributed by atoms with van der Waals surface area (Å²) in [6, 6.07) is 0. The minimum atomic E-state index is 0.0518. The summed E-state index contributed by atoms with van der Waals surface area (Å²) in [5, 5.41) is 8.86. The van der Waals surface area contributed by atoms with Crippen LogP contribution >= 0.6 is 0 Å². The number of hydrogen-bond donors (Lipinski definition) is 1. The normalized spacial score (nSPS) is 16.1. The minimum absolute atomic E-state index is 0.0518. The van der Waals surface area contributed by atoms with Crippen LogP contribution in [0.1, 0.15) is 66.7 Å². The van der Waals surface area contributed by atoms with Crippen molar-refractivity contribution in [3.8, 4) is 0 Å². The van der Waals surface area contributed by atoms with Gasteiger partial charge < -0.3 is 19.3 Å². The highest BCUT2D eigenvalue weighted by Crippen LogP contribution is 2.16. The predicted octanol–water partition coefficient (Wildman–Crippen LogP) is 3.55. The van der Waals surface area contributed by atoms with Gasteiger partial charge in [-0.3, -0.25) is 0 Å². The van der Waals surface area contributed by atoms with Gasteiger partial charge in [0, 0.05) is 13.2 Å². The van der Waals surface area contributed by atoms with E-state index >= 15 is 0 Å². The molecule has 0 aromatic rings. The van der Waals surface area contributed by atoms with E-state index in [4.69, 9.17) is 19.3 Å². The number of aliphatic hydroxyl groups is 1. The van der Waals surface area contributed by atoms with Crippen molar-refractivity contribution in [3.05, 3.63) is 0 Å². The van der Waals surface area contributed by atoms with Crippen molar-refractivity contribution in [1.82, 2.24) is 0 Å². The summed E-state index contributed by atoms with van der Waals surface area (Å²) in [5.41, 5.74) is 0. The van der Waals surface area contributed by atoms with E-state index in [1.54, 1.807) is 0 Å². The Bertz CT molecular complexity index is 221. The van der Waals surface area contributed by atoms with Crippen molar-refractivity contribution in [2.75, 3.05) is 19.8 Å². The second kappa shape index (κ2) is 13.5. The standard InChI is InChI=1S/C17H36O4/c1-6-9-16(13-20-14(3)4)21-15(5)17(10-7-2)19-12-8-11-18/h14-18H,6-13H2,1-5H3. The van der Waals surface area contributed by atoms with Crippen molar-refractivity contribution in [1.29, 1.82) is 0 Å². The zero-order chi connectivity index (χ0) is 16.1. The molecule has 0 bridgehead atoms. The first kappa shape index (κ1) is 20.8. The molecule has 0 radical (unpaired) electrons. The molecule has 0 aliphatic heterocycles. The Balaban J connectivity index is 4.32. The monoisotopic (exact) mass is 304 g/mol. The Morgan fingerprint density at radius 1 is 0.952 bits per heavy atom. The molecule has 0 aromatic heterocycles. The number of rotatable bonds is 14. The number of aliphatic hydroxyl groups excluding tert-OH is 1. The largest absolute Gasteiger partial charge is 0.396 e. The van der Waals surface area contributed by atoms with Gasteiger partial charge in [0.15, 0.2) is 0 Å². The highest BCUT2D eigenvalue weighted by Gasteiger charge is 2.22. The summed E-state index contributed by atoms with van der Waals surface area (Å²) in [6.07, 6.45) is 5.34. The van der Waals surface area contributed by atoms with Gasteiger partial charge in [0.05, 0.1) is 31.0 Å². The molecule has 0 saturated carbocycles. The molecule has 0 aliphatic carbocycles. The van der Waals surface area contributed by atoms with Gasteiger partial charge in [-0.05, 0) is 40.0 Å².